The maximum atomic E-state index is 12.7. The highest BCUT2D eigenvalue weighted by atomic mass is 32.2. The standard InChI is InChI=1S/C9H9FOS/c10-7-2-1-3-9(4-7)12-6-8-5-11-8/h1-4,8H,5-6H2/t8-/m1/s1. The van der Waals surface area contributed by atoms with Crippen LogP contribution >= 0.6 is 11.8 Å². The second-order valence-corrected chi connectivity index (χ2v) is 3.82. The fourth-order valence-corrected chi connectivity index (χ4v) is 1.85. The summed E-state index contributed by atoms with van der Waals surface area (Å²) in [5, 5.41) is 0. The van der Waals surface area contributed by atoms with Crippen molar-refractivity contribution in [2.45, 2.75) is 11.0 Å². The van der Waals surface area contributed by atoms with Gasteiger partial charge in [0.2, 0.25) is 0 Å². The molecule has 1 aromatic rings. The topological polar surface area (TPSA) is 12.5 Å². The molecule has 1 heterocycles. The van der Waals surface area contributed by atoms with Gasteiger partial charge in [0.15, 0.2) is 0 Å². The van der Waals surface area contributed by atoms with E-state index in [0.29, 0.717) is 6.10 Å². The van der Waals surface area contributed by atoms with Crippen LogP contribution in [0.5, 0.6) is 0 Å². The van der Waals surface area contributed by atoms with Crippen LogP contribution in [0.2, 0.25) is 0 Å². The number of rotatable bonds is 3. The molecule has 0 aliphatic carbocycles. The number of ether oxygens (including phenoxy) is 1. The van der Waals surface area contributed by atoms with E-state index in [4.69, 9.17) is 4.74 Å². The SMILES string of the molecule is Fc1cccc(SC[C@H]2CO2)c1. The Kier molecular flexibility index (Phi) is 2.33. The summed E-state index contributed by atoms with van der Waals surface area (Å²) in [6.45, 7) is 0.863. The molecule has 1 nitrogen and oxygen atoms in total. The Morgan fingerprint density at radius 1 is 1.58 bits per heavy atom. The molecule has 0 unspecified atom stereocenters. The highest BCUT2D eigenvalue weighted by Gasteiger charge is 2.22. The third-order valence-corrected chi connectivity index (χ3v) is 2.76. The summed E-state index contributed by atoms with van der Waals surface area (Å²) in [5.74, 6) is 0.764. The van der Waals surface area contributed by atoms with Gasteiger partial charge in [0.1, 0.15) is 5.82 Å². The molecule has 1 aromatic carbocycles. The first-order valence-corrected chi connectivity index (χ1v) is 4.83. The summed E-state index contributed by atoms with van der Waals surface area (Å²) in [5.41, 5.74) is 0. The Morgan fingerprint density at radius 3 is 3.08 bits per heavy atom. The lowest BCUT2D eigenvalue weighted by Crippen LogP contribution is -1.88. The van der Waals surface area contributed by atoms with Crippen LogP contribution in [0, 0.1) is 5.82 Å². The van der Waals surface area contributed by atoms with Gasteiger partial charge < -0.3 is 4.74 Å². The quantitative estimate of drug-likeness (QED) is 0.528. The highest BCUT2D eigenvalue weighted by molar-refractivity contribution is 7.99. The van der Waals surface area contributed by atoms with Gasteiger partial charge in [0.25, 0.3) is 0 Å². The molecule has 64 valence electrons. The summed E-state index contributed by atoms with van der Waals surface area (Å²) in [4.78, 5) is 0.977. The highest BCUT2D eigenvalue weighted by Crippen LogP contribution is 2.23. The van der Waals surface area contributed by atoms with Gasteiger partial charge in [-0.15, -0.1) is 11.8 Å². The van der Waals surface area contributed by atoms with Gasteiger partial charge in [-0.25, -0.2) is 4.39 Å². The number of epoxide rings is 1. The lowest BCUT2D eigenvalue weighted by atomic mass is 10.4. The van der Waals surface area contributed by atoms with E-state index in [1.807, 2.05) is 6.07 Å². The normalized spacial score (nSPS) is 20.9. The molecular weight excluding hydrogens is 175 g/mol. The molecule has 0 amide bonds. The Bertz CT molecular complexity index is 273. The molecule has 3 heteroatoms. The monoisotopic (exact) mass is 184 g/mol. The molecule has 0 saturated carbocycles. The van der Waals surface area contributed by atoms with Gasteiger partial charge in [-0.05, 0) is 18.2 Å². The van der Waals surface area contributed by atoms with Crippen LogP contribution in [0.4, 0.5) is 4.39 Å². The van der Waals surface area contributed by atoms with E-state index in [2.05, 4.69) is 0 Å². The molecule has 1 aliphatic heterocycles. The largest absolute Gasteiger partial charge is 0.372 e. The van der Waals surface area contributed by atoms with E-state index in [-0.39, 0.29) is 5.82 Å². The molecule has 1 fully saturated rings. The first kappa shape index (κ1) is 8.08. The Hall–Kier alpha value is -0.540. The summed E-state index contributed by atoms with van der Waals surface area (Å²) in [7, 11) is 0. The fraction of sp³-hybridized carbons (Fsp3) is 0.333. The minimum Gasteiger partial charge on any atom is -0.372 e. The molecule has 1 aliphatic rings. The Balaban J connectivity index is 1.92. The van der Waals surface area contributed by atoms with Crippen LogP contribution in [-0.4, -0.2) is 18.5 Å². The van der Waals surface area contributed by atoms with Crippen molar-refractivity contribution in [1.82, 2.24) is 0 Å². The molecule has 1 saturated heterocycles. The van der Waals surface area contributed by atoms with Gasteiger partial charge in [-0.1, -0.05) is 6.07 Å². The van der Waals surface area contributed by atoms with Gasteiger partial charge in [0.05, 0.1) is 12.7 Å². The van der Waals surface area contributed by atoms with Crippen molar-refractivity contribution < 1.29 is 9.13 Å². The van der Waals surface area contributed by atoms with E-state index < -0.39 is 0 Å². The molecule has 0 radical (unpaired) electrons. The lowest BCUT2D eigenvalue weighted by Gasteiger charge is -1.97. The zero-order valence-corrected chi connectivity index (χ0v) is 7.31. The summed E-state index contributed by atoms with van der Waals surface area (Å²) in [6, 6.07) is 6.65. The zero-order valence-electron chi connectivity index (χ0n) is 6.50. The van der Waals surface area contributed by atoms with Crippen molar-refractivity contribution in [3.8, 4) is 0 Å². The molecule has 0 spiro atoms. The van der Waals surface area contributed by atoms with Crippen LogP contribution in [-0.2, 0) is 4.74 Å². The average molecular weight is 184 g/mol. The number of hydrogen-bond acceptors (Lipinski definition) is 2. The van der Waals surface area contributed by atoms with Crippen LogP contribution in [0.25, 0.3) is 0 Å². The first-order valence-electron chi connectivity index (χ1n) is 3.84. The molecule has 12 heavy (non-hydrogen) atoms. The summed E-state index contributed by atoms with van der Waals surface area (Å²) >= 11 is 1.64. The maximum Gasteiger partial charge on any atom is 0.124 e. The average Bonchev–Trinajstić information content (AvgIpc) is 2.84. The van der Waals surface area contributed by atoms with Crippen molar-refractivity contribution in [2.24, 2.45) is 0 Å². The Labute approximate surface area is 74.9 Å². The van der Waals surface area contributed by atoms with Gasteiger partial charge >= 0.3 is 0 Å². The summed E-state index contributed by atoms with van der Waals surface area (Å²) < 4.78 is 17.7. The van der Waals surface area contributed by atoms with E-state index in [1.165, 1.54) is 6.07 Å². The fourth-order valence-electron chi connectivity index (χ4n) is 0.910. The molecule has 0 bridgehead atoms. The molecule has 0 N–H and O–H groups in total. The van der Waals surface area contributed by atoms with E-state index >= 15 is 0 Å². The van der Waals surface area contributed by atoms with Crippen LogP contribution in [0.3, 0.4) is 0 Å². The second-order valence-electron chi connectivity index (χ2n) is 2.72. The number of benzene rings is 1. The van der Waals surface area contributed by atoms with Crippen molar-refractivity contribution in [1.29, 1.82) is 0 Å². The maximum absolute atomic E-state index is 12.7. The van der Waals surface area contributed by atoms with Crippen LogP contribution < -0.4 is 0 Å². The van der Waals surface area contributed by atoms with Crippen LogP contribution in [0.1, 0.15) is 0 Å². The van der Waals surface area contributed by atoms with Crippen molar-refractivity contribution >= 4 is 11.8 Å². The van der Waals surface area contributed by atoms with Crippen molar-refractivity contribution in [2.75, 3.05) is 12.4 Å². The van der Waals surface area contributed by atoms with Crippen LogP contribution in [0.15, 0.2) is 29.2 Å². The summed E-state index contributed by atoms with van der Waals surface area (Å²) in [6.07, 6.45) is 0.401. The van der Waals surface area contributed by atoms with E-state index in [0.717, 1.165) is 17.3 Å². The van der Waals surface area contributed by atoms with E-state index in [1.54, 1.807) is 23.9 Å². The Morgan fingerprint density at radius 2 is 2.42 bits per heavy atom. The minimum absolute atomic E-state index is 0.170. The number of halogens is 1. The molecule has 0 aromatic heterocycles. The van der Waals surface area contributed by atoms with Crippen molar-refractivity contribution in [3.63, 3.8) is 0 Å². The van der Waals surface area contributed by atoms with Crippen molar-refractivity contribution in [3.05, 3.63) is 30.1 Å². The predicted molar refractivity (Wildman–Crippen MR) is 46.9 cm³/mol. The third kappa shape index (κ3) is 2.22. The molecule has 2 rings (SSSR count). The number of hydrogen-bond donors (Lipinski definition) is 0. The van der Waals surface area contributed by atoms with Gasteiger partial charge in [-0.2, -0.15) is 0 Å². The minimum atomic E-state index is -0.170. The molecule has 1 atom stereocenters. The number of thioether (sulfide) groups is 1. The third-order valence-electron chi connectivity index (χ3n) is 1.63. The second kappa shape index (κ2) is 3.46. The van der Waals surface area contributed by atoms with E-state index in [9.17, 15) is 4.39 Å². The first-order chi connectivity index (χ1) is 5.84. The van der Waals surface area contributed by atoms with Gasteiger partial charge in [0, 0.05) is 10.6 Å². The lowest BCUT2D eigenvalue weighted by molar-refractivity contribution is 0.426. The zero-order chi connectivity index (χ0) is 8.39. The molecular formula is C9H9FOS. The smallest absolute Gasteiger partial charge is 0.124 e. The predicted octanol–water partition coefficient (Wildman–Crippen LogP) is 2.32. The van der Waals surface area contributed by atoms with Gasteiger partial charge in [-0.3, -0.25) is 0 Å².